The first-order valence-electron chi connectivity index (χ1n) is 10.9. The zero-order valence-corrected chi connectivity index (χ0v) is 20.9. The number of ether oxygens (including phenoxy) is 2. The maximum Gasteiger partial charge on any atom is 0.408 e. The maximum absolute atomic E-state index is 14.1. The first-order chi connectivity index (χ1) is 18.1. The number of halogens is 5. The molecule has 38 heavy (non-hydrogen) atoms. The highest BCUT2D eigenvalue weighted by Gasteiger charge is 2.33. The van der Waals surface area contributed by atoms with Crippen molar-refractivity contribution in [3.63, 3.8) is 0 Å². The average molecular weight is 581 g/mol. The van der Waals surface area contributed by atoms with Gasteiger partial charge in [-0.15, -0.1) is 11.3 Å². The number of benzene rings is 1. The number of carbonyl (C=O) groups is 4. The lowest BCUT2D eigenvalue weighted by Crippen LogP contribution is -2.55. The smallest absolute Gasteiger partial charge is 0.408 e. The molecule has 0 unspecified atom stereocenters. The van der Waals surface area contributed by atoms with Crippen molar-refractivity contribution < 1.29 is 46.2 Å². The van der Waals surface area contributed by atoms with E-state index in [4.69, 9.17) is 16.3 Å². The molecule has 0 radical (unpaired) electrons. The van der Waals surface area contributed by atoms with Crippen LogP contribution < -0.4 is 20.4 Å². The quantitative estimate of drug-likeness (QED) is 0.329. The number of anilines is 2. The first-order valence-corrected chi connectivity index (χ1v) is 12.1. The van der Waals surface area contributed by atoms with E-state index in [0.717, 1.165) is 11.3 Å². The molecule has 1 fully saturated rings. The van der Waals surface area contributed by atoms with E-state index in [1.807, 2.05) is 5.32 Å². The van der Waals surface area contributed by atoms with Gasteiger partial charge in [0, 0.05) is 24.5 Å². The molecule has 10 nitrogen and oxygen atoms in total. The molecule has 1 atom stereocenters. The zero-order chi connectivity index (χ0) is 27.8. The van der Waals surface area contributed by atoms with E-state index in [1.165, 1.54) is 41.3 Å². The van der Waals surface area contributed by atoms with Crippen LogP contribution in [0.25, 0.3) is 0 Å². The van der Waals surface area contributed by atoms with Crippen LogP contribution >= 0.6 is 22.9 Å². The molecule has 1 saturated heterocycles. The van der Waals surface area contributed by atoms with E-state index in [9.17, 15) is 36.7 Å². The summed E-state index contributed by atoms with van der Waals surface area (Å²) in [6, 6.07) is 6.04. The largest absolute Gasteiger partial charge is 0.443 e. The van der Waals surface area contributed by atoms with Gasteiger partial charge in [-0.3, -0.25) is 19.3 Å². The number of rotatable bonds is 10. The van der Waals surface area contributed by atoms with Gasteiger partial charge < -0.3 is 25.0 Å². The second-order valence-corrected chi connectivity index (χ2v) is 9.32. The minimum Gasteiger partial charge on any atom is -0.443 e. The van der Waals surface area contributed by atoms with E-state index in [2.05, 4.69) is 10.1 Å². The molecule has 1 aliphatic rings. The predicted molar refractivity (Wildman–Crippen MR) is 129 cm³/mol. The summed E-state index contributed by atoms with van der Waals surface area (Å²) in [4.78, 5) is 51.0. The number of nitrogens with one attached hydrogen (secondary N) is 2. The molecule has 3 rings (SSSR count). The summed E-state index contributed by atoms with van der Waals surface area (Å²) < 4.78 is 62.5. The van der Waals surface area contributed by atoms with Gasteiger partial charge >= 0.3 is 12.6 Å². The van der Waals surface area contributed by atoms with Crippen LogP contribution in [0.1, 0.15) is 9.67 Å². The van der Waals surface area contributed by atoms with Gasteiger partial charge in [0.15, 0.2) is 6.61 Å². The molecular formula is C22H21ClF4N4O6S. The summed E-state index contributed by atoms with van der Waals surface area (Å²) in [7, 11) is 0. The van der Waals surface area contributed by atoms with Crippen molar-refractivity contribution in [1.82, 2.24) is 10.6 Å². The molecule has 0 aliphatic carbocycles. The molecule has 1 aromatic carbocycles. The van der Waals surface area contributed by atoms with Crippen LogP contribution in [0, 0.1) is 0 Å². The predicted octanol–water partition coefficient (Wildman–Crippen LogP) is 3.11. The third-order valence-corrected chi connectivity index (χ3v) is 6.28. The molecule has 16 heteroatoms. The van der Waals surface area contributed by atoms with Gasteiger partial charge in [-0.05, 0) is 36.4 Å². The topological polar surface area (TPSA) is 117 Å². The highest BCUT2D eigenvalue weighted by Crippen LogP contribution is 2.25. The van der Waals surface area contributed by atoms with Gasteiger partial charge in [0.2, 0.25) is 0 Å². The normalized spacial score (nSPS) is 14.4. The fourth-order valence-electron chi connectivity index (χ4n) is 3.33. The standard InChI is InChI=1S/C22H21ClF4N4O6S/c23-16-6-5-15(38-16)19(33)28-9-14(29-22(35)37-10-17(24)25)20(34)31(21(26)27)13-3-1-12(2-4-13)30-7-8-36-11-18(30)32/h1-6,14,17,21H,7-11H2,(H,28,33)(H,29,35)/t14-/m0/s1. The van der Waals surface area contributed by atoms with Crippen molar-refractivity contribution >= 4 is 58.1 Å². The van der Waals surface area contributed by atoms with Gasteiger partial charge in [0.25, 0.3) is 24.1 Å². The summed E-state index contributed by atoms with van der Waals surface area (Å²) in [5.74, 6) is -2.42. The molecular weight excluding hydrogens is 560 g/mol. The van der Waals surface area contributed by atoms with Crippen LogP contribution in [-0.2, 0) is 19.1 Å². The Morgan fingerprint density at radius 2 is 1.84 bits per heavy atom. The van der Waals surface area contributed by atoms with Crippen molar-refractivity contribution in [2.75, 3.05) is 42.7 Å². The van der Waals surface area contributed by atoms with Gasteiger partial charge in [-0.25, -0.2) is 13.6 Å². The lowest BCUT2D eigenvalue weighted by molar-refractivity contribution is -0.126. The molecule has 0 spiro atoms. The molecule has 0 bridgehead atoms. The summed E-state index contributed by atoms with van der Waals surface area (Å²) in [5, 5.41) is 4.25. The van der Waals surface area contributed by atoms with Crippen LogP contribution in [0.3, 0.4) is 0 Å². The van der Waals surface area contributed by atoms with Crippen LogP contribution in [0.5, 0.6) is 0 Å². The van der Waals surface area contributed by atoms with E-state index >= 15 is 0 Å². The molecule has 1 aliphatic heterocycles. The third kappa shape index (κ3) is 7.79. The molecule has 2 N–H and O–H groups in total. The van der Waals surface area contributed by atoms with Gasteiger partial charge in [-0.1, -0.05) is 11.6 Å². The lowest BCUT2D eigenvalue weighted by Gasteiger charge is -2.29. The number of hydrogen-bond donors (Lipinski definition) is 2. The Kier molecular flexibility index (Phi) is 10.3. The van der Waals surface area contributed by atoms with Gasteiger partial charge in [0.05, 0.1) is 15.8 Å². The second kappa shape index (κ2) is 13.4. The van der Waals surface area contributed by atoms with Crippen molar-refractivity contribution in [3.8, 4) is 0 Å². The number of alkyl carbamates (subject to hydrolysis) is 1. The van der Waals surface area contributed by atoms with Crippen LogP contribution in [0.2, 0.25) is 4.34 Å². The summed E-state index contributed by atoms with van der Waals surface area (Å²) in [6.07, 6.45) is -4.49. The number of amides is 4. The number of hydrogen-bond acceptors (Lipinski definition) is 7. The molecule has 4 amide bonds. The van der Waals surface area contributed by atoms with Crippen LogP contribution in [0.15, 0.2) is 36.4 Å². The Morgan fingerprint density at radius 3 is 2.42 bits per heavy atom. The Labute approximate surface area is 222 Å². The Balaban J connectivity index is 1.79. The van der Waals surface area contributed by atoms with E-state index in [-0.39, 0.29) is 41.1 Å². The lowest BCUT2D eigenvalue weighted by atomic mass is 10.2. The van der Waals surface area contributed by atoms with E-state index in [1.54, 1.807) is 0 Å². The summed E-state index contributed by atoms with van der Waals surface area (Å²) >= 11 is 6.70. The second-order valence-electron chi connectivity index (χ2n) is 7.60. The summed E-state index contributed by atoms with van der Waals surface area (Å²) in [5.41, 5.74) is 0.0920. The maximum atomic E-state index is 14.1. The zero-order valence-electron chi connectivity index (χ0n) is 19.4. The molecule has 2 heterocycles. The van der Waals surface area contributed by atoms with Crippen molar-refractivity contribution in [3.05, 3.63) is 45.6 Å². The Morgan fingerprint density at radius 1 is 1.13 bits per heavy atom. The monoisotopic (exact) mass is 580 g/mol. The number of alkyl halides is 4. The minimum atomic E-state index is -3.40. The average Bonchev–Trinajstić information content (AvgIpc) is 3.32. The van der Waals surface area contributed by atoms with E-state index < -0.39 is 50.1 Å². The van der Waals surface area contributed by atoms with Gasteiger partial charge in [0.1, 0.15) is 12.6 Å². The molecule has 2 aromatic rings. The van der Waals surface area contributed by atoms with E-state index in [0.29, 0.717) is 10.0 Å². The number of nitrogens with zero attached hydrogens (tertiary/aromatic N) is 2. The van der Waals surface area contributed by atoms with Crippen LogP contribution in [-0.4, -0.2) is 75.7 Å². The fourth-order valence-corrected chi connectivity index (χ4v) is 4.29. The highest BCUT2D eigenvalue weighted by molar-refractivity contribution is 7.18. The number of thiophene rings is 1. The Hall–Kier alpha value is -3.43. The van der Waals surface area contributed by atoms with Crippen molar-refractivity contribution in [2.45, 2.75) is 19.0 Å². The molecule has 1 aromatic heterocycles. The Bertz CT molecular complexity index is 1150. The minimum absolute atomic E-state index is 0.0527. The SMILES string of the molecule is O=C(N[C@@H](CNC(=O)c1ccc(Cl)s1)C(=O)N(c1ccc(N2CCOCC2=O)cc1)C(F)F)OCC(F)F. The van der Waals surface area contributed by atoms with Crippen molar-refractivity contribution in [2.24, 2.45) is 0 Å². The van der Waals surface area contributed by atoms with Gasteiger partial charge in [-0.2, -0.15) is 8.78 Å². The molecule has 206 valence electrons. The van der Waals surface area contributed by atoms with Crippen molar-refractivity contribution in [1.29, 1.82) is 0 Å². The fraction of sp³-hybridized carbons (Fsp3) is 0.364. The molecule has 0 saturated carbocycles. The first kappa shape index (κ1) is 29.1. The number of morpholine rings is 1. The third-order valence-electron chi connectivity index (χ3n) is 5.05. The number of carbonyl (C=O) groups excluding carboxylic acids is 4. The summed E-state index contributed by atoms with van der Waals surface area (Å²) in [6.45, 7) is -4.98. The van der Waals surface area contributed by atoms with Crippen LogP contribution in [0.4, 0.5) is 33.7 Å². The highest BCUT2D eigenvalue weighted by atomic mass is 35.5.